The lowest BCUT2D eigenvalue weighted by Gasteiger charge is -2.17. The fourth-order valence-corrected chi connectivity index (χ4v) is 2.22. The normalized spacial score (nSPS) is 11.0. The largest absolute Gasteiger partial charge is 0.357 e. The number of pyridine rings is 1. The zero-order chi connectivity index (χ0) is 18.6. The van der Waals surface area contributed by atoms with Gasteiger partial charge in [-0.1, -0.05) is 29.2 Å². The second-order valence-corrected chi connectivity index (χ2v) is 6.13. The van der Waals surface area contributed by atoms with Gasteiger partial charge in [0.1, 0.15) is 0 Å². The molecule has 0 radical (unpaired) electrons. The van der Waals surface area contributed by atoms with Crippen molar-refractivity contribution in [2.24, 2.45) is 0 Å². The molecule has 0 aliphatic carbocycles. The Bertz CT molecular complexity index is 848. The Hall–Kier alpha value is -2.36. The highest BCUT2D eigenvalue weighted by molar-refractivity contribution is 5.58. The average Bonchev–Trinajstić information content (AvgIpc) is 2.53. The third-order valence-electron chi connectivity index (χ3n) is 3.23. The van der Waals surface area contributed by atoms with E-state index in [2.05, 4.69) is 18.0 Å². The number of benzene rings is 1. The Morgan fingerprint density at radius 3 is 2.08 bits per heavy atom. The van der Waals surface area contributed by atoms with Crippen LogP contribution in [-0.2, 0) is 0 Å². The van der Waals surface area contributed by atoms with Gasteiger partial charge in [-0.3, -0.25) is 4.90 Å². The predicted molar refractivity (Wildman–Crippen MR) is 79.7 cm³/mol. The summed E-state index contributed by atoms with van der Waals surface area (Å²) in [6, 6.07) is 14.1. The fourth-order valence-electron chi connectivity index (χ4n) is 2.22. The van der Waals surface area contributed by atoms with Crippen molar-refractivity contribution in [3.05, 3.63) is 54.2 Å². The maximum atomic E-state index is 8.49. The summed E-state index contributed by atoms with van der Waals surface area (Å²) in [7, 11) is -0.961. The van der Waals surface area contributed by atoms with E-state index in [-0.39, 0.29) is 0 Å². The van der Waals surface area contributed by atoms with E-state index in [4.69, 9.17) is 23.6 Å². The Kier molecular flexibility index (Phi) is 5.83. The van der Waals surface area contributed by atoms with Crippen LogP contribution < -0.4 is 27.9 Å². The minimum Gasteiger partial charge on any atom is -0.286 e. The van der Waals surface area contributed by atoms with Crippen molar-refractivity contribution in [3.8, 4) is 11.4 Å². The van der Waals surface area contributed by atoms with Crippen molar-refractivity contribution in [3.63, 3.8) is 0 Å². The molecule has 2 heterocycles. The van der Waals surface area contributed by atoms with E-state index >= 15 is 0 Å². The number of nitrogens with zero attached hydrogens (tertiary/aromatic N) is 4. The molecule has 2 aromatic heterocycles. The molecule has 0 N–H and O–H groups in total. The van der Waals surface area contributed by atoms with E-state index in [0.717, 1.165) is 28.5 Å². The van der Waals surface area contributed by atoms with Gasteiger partial charge in [-0.15, -0.1) is 15.2 Å². The van der Waals surface area contributed by atoms with Crippen LogP contribution in [0.25, 0.3) is 17.0 Å². The average molecular weight is 365 g/mol. The predicted octanol–water partition coefficient (Wildman–Crippen LogP) is -2.50. The summed E-state index contributed by atoms with van der Waals surface area (Å²) in [4.78, 5) is 11.4. The molecule has 0 bridgehead atoms. The second kappa shape index (κ2) is 7.68. The van der Waals surface area contributed by atoms with Crippen LogP contribution in [0.1, 0.15) is 5.56 Å². The van der Waals surface area contributed by atoms with Gasteiger partial charge in [0.05, 0.1) is 6.20 Å². The summed E-state index contributed by atoms with van der Waals surface area (Å²) in [5.41, 5.74) is 3.10. The van der Waals surface area contributed by atoms with Crippen molar-refractivity contribution in [2.75, 3.05) is 19.0 Å². The molecular weight excluding hydrogens is 348 g/mol. The molecule has 3 rings (SSSR count). The van der Waals surface area contributed by atoms with Gasteiger partial charge in [0, 0.05) is 25.2 Å². The Balaban J connectivity index is 0.000000399. The quantitative estimate of drug-likeness (QED) is 0.460. The molecule has 0 atom stereocenters. The number of aromatic nitrogens is 3. The van der Waals surface area contributed by atoms with Gasteiger partial charge in [0.25, 0.3) is 5.82 Å². The minimum atomic E-state index is -4.94. The number of fused-ring (bicyclic) bond motifs is 1. The van der Waals surface area contributed by atoms with E-state index in [1.807, 2.05) is 66.0 Å². The molecule has 0 aliphatic rings. The van der Waals surface area contributed by atoms with E-state index in [1.54, 1.807) is 0 Å². The number of anilines is 1. The molecule has 0 aliphatic heterocycles. The minimum absolute atomic E-state index is 0.753. The Morgan fingerprint density at radius 2 is 1.52 bits per heavy atom. The third-order valence-corrected chi connectivity index (χ3v) is 3.23. The SMILES string of the molecule is Cc1ccc[n+]2c(N(C)C)nc(-c3ccccc3)nc12.[O-][Cl+3]([O-])([O-])[O-]. The van der Waals surface area contributed by atoms with Crippen LogP contribution in [0.3, 0.4) is 0 Å². The number of hydrogen-bond donors (Lipinski definition) is 0. The number of hydrogen-bond acceptors (Lipinski definition) is 7. The monoisotopic (exact) mass is 364 g/mol. The van der Waals surface area contributed by atoms with Crippen molar-refractivity contribution in [2.45, 2.75) is 6.92 Å². The molecule has 9 heteroatoms. The second-order valence-electron chi connectivity index (χ2n) is 5.37. The van der Waals surface area contributed by atoms with Crippen molar-refractivity contribution in [1.82, 2.24) is 9.97 Å². The highest BCUT2D eigenvalue weighted by Gasteiger charge is 2.19. The van der Waals surface area contributed by atoms with Crippen LogP contribution in [0.4, 0.5) is 5.95 Å². The lowest BCUT2D eigenvalue weighted by Crippen LogP contribution is -2.68. The fraction of sp³-hybridized carbons (Fsp3) is 0.188. The third kappa shape index (κ3) is 5.31. The summed E-state index contributed by atoms with van der Waals surface area (Å²) < 4.78 is 36.0. The number of halogens is 1. The molecule has 1 aromatic carbocycles. The van der Waals surface area contributed by atoms with E-state index in [0.29, 0.717) is 0 Å². The molecule has 0 saturated carbocycles. The van der Waals surface area contributed by atoms with Crippen LogP contribution in [0, 0.1) is 17.2 Å². The summed E-state index contributed by atoms with van der Waals surface area (Å²) in [5, 5.41) is 0. The molecule has 0 spiro atoms. The van der Waals surface area contributed by atoms with Gasteiger partial charge in [-0.25, -0.2) is 18.6 Å². The molecule has 132 valence electrons. The Labute approximate surface area is 147 Å². The highest BCUT2D eigenvalue weighted by atomic mass is 35.7. The first kappa shape index (κ1) is 19.0. The van der Waals surface area contributed by atoms with Gasteiger partial charge >= 0.3 is 5.95 Å². The zero-order valence-corrected chi connectivity index (χ0v) is 14.7. The first-order valence-corrected chi connectivity index (χ1v) is 8.44. The van der Waals surface area contributed by atoms with E-state index in [9.17, 15) is 0 Å². The number of aryl methyl sites for hydroxylation is 1. The maximum absolute atomic E-state index is 8.49. The van der Waals surface area contributed by atoms with Crippen LogP contribution in [-0.4, -0.2) is 24.1 Å². The summed E-state index contributed by atoms with van der Waals surface area (Å²) >= 11 is 0. The molecule has 0 amide bonds. The molecular formula is C16H17ClN4O4. The van der Waals surface area contributed by atoms with E-state index in [1.165, 1.54) is 0 Å². The van der Waals surface area contributed by atoms with Gasteiger partial charge in [0.15, 0.2) is 0 Å². The molecule has 8 nitrogen and oxygen atoms in total. The van der Waals surface area contributed by atoms with Gasteiger partial charge in [-0.05, 0) is 25.1 Å². The van der Waals surface area contributed by atoms with Crippen LogP contribution in [0.15, 0.2) is 48.7 Å². The maximum Gasteiger partial charge on any atom is 0.357 e. The van der Waals surface area contributed by atoms with Gasteiger partial charge in [0.2, 0.25) is 5.65 Å². The summed E-state index contributed by atoms with van der Waals surface area (Å²) in [6.07, 6.45) is 1.99. The summed E-state index contributed by atoms with van der Waals surface area (Å²) in [6.45, 7) is 2.07. The van der Waals surface area contributed by atoms with Gasteiger partial charge < -0.3 is 0 Å². The van der Waals surface area contributed by atoms with Crippen molar-refractivity contribution in [1.29, 1.82) is 0 Å². The molecule has 0 unspecified atom stereocenters. The molecule has 25 heavy (non-hydrogen) atoms. The van der Waals surface area contributed by atoms with Crippen LogP contribution in [0.2, 0.25) is 0 Å². The zero-order valence-electron chi connectivity index (χ0n) is 13.9. The summed E-state index contributed by atoms with van der Waals surface area (Å²) in [5.74, 6) is 1.63. The first-order chi connectivity index (χ1) is 11.7. The van der Waals surface area contributed by atoms with Crippen molar-refractivity contribution < 1.29 is 33.3 Å². The topological polar surface area (TPSA) is 125 Å². The standard InChI is InChI=1S/C16H17N4.ClHO4/c1-12-8-7-11-20-15(12)17-14(18-16(20)19(2)3)13-9-5-4-6-10-13;2-1(3,4)5/h4-11H,1-3H3;(H,2,3,4,5)/q+1;/p-1. The molecule has 0 fully saturated rings. The van der Waals surface area contributed by atoms with E-state index < -0.39 is 10.2 Å². The molecule has 3 aromatic rings. The first-order valence-electron chi connectivity index (χ1n) is 7.20. The Morgan fingerprint density at radius 1 is 0.920 bits per heavy atom. The lowest BCUT2D eigenvalue weighted by molar-refractivity contribution is -2.00. The molecule has 0 saturated heterocycles. The van der Waals surface area contributed by atoms with Gasteiger partial charge in [-0.2, -0.15) is 4.40 Å². The van der Waals surface area contributed by atoms with Crippen LogP contribution in [0.5, 0.6) is 0 Å². The van der Waals surface area contributed by atoms with Crippen LogP contribution >= 0.6 is 0 Å². The highest BCUT2D eigenvalue weighted by Crippen LogP contribution is 2.17. The lowest BCUT2D eigenvalue weighted by atomic mass is 10.2. The number of rotatable bonds is 2. The smallest absolute Gasteiger partial charge is 0.286 e. The van der Waals surface area contributed by atoms with Crippen molar-refractivity contribution >= 4 is 11.6 Å².